The minimum absolute atomic E-state index is 0. The lowest BCUT2D eigenvalue weighted by Crippen LogP contribution is -2.44. The van der Waals surface area contributed by atoms with Crippen molar-refractivity contribution in [1.29, 1.82) is 0 Å². The third-order valence-corrected chi connectivity index (χ3v) is 5.86. The molecular formula is C17H28IN3O2S. The number of hydrogen-bond donors (Lipinski definition) is 2. The molecule has 0 saturated carbocycles. The van der Waals surface area contributed by atoms with E-state index in [4.69, 9.17) is 0 Å². The van der Waals surface area contributed by atoms with E-state index in [1.54, 1.807) is 0 Å². The second kappa shape index (κ2) is 9.60. The Morgan fingerprint density at radius 1 is 1.33 bits per heavy atom. The van der Waals surface area contributed by atoms with Gasteiger partial charge in [0.25, 0.3) is 0 Å². The van der Waals surface area contributed by atoms with Crippen LogP contribution in [0.15, 0.2) is 29.3 Å². The van der Waals surface area contributed by atoms with Crippen LogP contribution in [0, 0.1) is 6.92 Å². The second-order valence-corrected chi connectivity index (χ2v) is 8.50. The largest absolute Gasteiger partial charge is 0.357 e. The van der Waals surface area contributed by atoms with E-state index < -0.39 is 9.84 Å². The Labute approximate surface area is 162 Å². The van der Waals surface area contributed by atoms with Crippen LogP contribution in [0.4, 0.5) is 0 Å². The number of aryl methyl sites for hydroxylation is 1. The molecule has 7 heteroatoms. The highest BCUT2D eigenvalue weighted by Crippen LogP contribution is 2.16. The van der Waals surface area contributed by atoms with E-state index in [-0.39, 0.29) is 41.5 Å². The first-order chi connectivity index (χ1) is 10.9. The summed E-state index contributed by atoms with van der Waals surface area (Å²) in [5.74, 6) is 1.49. The van der Waals surface area contributed by atoms with Crippen LogP contribution >= 0.6 is 24.0 Å². The van der Waals surface area contributed by atoms with Crippen LogP contribution in [0.25, 0.3) is 0 Å². The molecule has 1 heterocycles. The van der Waals surface area contributed by atoms with Crippen molar-refractivity contribution in [3.05, 3.63) is 35.4 Å². The lowest BCUT2D eigenvalue weighted by atomic mass is 10.0. The second-order valence-electron chi connectivity index (χ2n) is 6.28. The Hall–Kier alpha value is -0.830. The summed E-state index contributed by atoms with van der Waals surface area (Å²) in [5.41, 5.74) is 2.51. The van der Waals surface area contributed by atoms with Gasteiger partial charge in [-0.15, -0.1) is 24.0 Å². The maximum Gasteiger partial charge on any atom is 0.191 e. The first-order valence-corrected chi connectivity index (χ1v) is 10.0. The van der Waals surface area contributed by atoms with Gasteiger partial charge in [-0.1, -0.05) is 36.8 Å². The molecule has 1 fully saturated rings. The number of guanidine groups is 1. The van der Waals surface area contributed by atoms with Crippen molar-refractivity contribution < 1.29 is 8.42 Å². The zero-order valence-electron chi connectivity index (χ0n) is 14.6. The highest BCUT2D eigenvalue weighted by molar-refractivity contribution is 14.0. The first-order valence-electron chi connectivity index (χ1n) is 8.21. The predicted molar refractivity (Wildman–Crippen MR) is 111 cm³/mol. The average molecular weight is 465 g/mol. The minimum Gasteiger partial charge on any atom is -0.357 e. The Morgan fingerprint density at radius 3 is 2.54 bits per heavy atom. The summed E-state index contributed by atoms with van der Waals surface area (Å²) in [7, 11) is -2.88. The molecule has 1 aromatic carbocycles. The monoisotopic (exact) mass is 465 g/mol. The van der Waals surface area contributed by atoms with Crippen LogP contribution in [0.1, 0.15) is 37.3 Å². The zero-order valence-corrected chi connectivity index (χ0v) is 17.7. The molecule has 1 aromatic rings. The van der Waals surface area contributed by atoms with E-state index >= 15 is 0 Å². The Balaban J connectivity index is 0.00000288. The molecule has 2 atom stereocenters. The average Bonchev–Trinajstić information content (AvgIpc) is 2.84. The van der Waals surface area contributed by atoms with E-state index in [1.165, 1.54) is 11.1 Å². The van der Waals surface area contributed by atoms with Crippen LogP contribution in [0.3, 0.4) is 0 Å². The van der Waals surface area contributed by atoms with Crippen molar-refractivity contribution in [2.24, 2.45) is 4.99 Å². The molecule has 5 nitrogen and oxygen atoms in total. The van der Waals surface area contributed by atoms with Crippen molar-refractivity contribution in [3.63, 3.8) is 0 Å². The van der Waals surface area contributed by atoms with Crippen molar-refractivity contribution in [3.8, 4) is 0 Å². The molecule has 0 radical (unpaired) electrons. The molecule has 1 saturated heterocycles. The van der Waals surface area contributed by atoms with Crippen LogP contribution in [-0.4, -0.2) is 45.0 Å². The summed E-state index contributed by atoms with van der Waals surface area (Å²) in [5, 5.41) is 6.45. The summed E-state index contributed by atoms with van der Waals surface area (Å²) < 4.78 is 23.1. The number of aliphatic imine (C=N–C) groups is 1. The Kier molecular flexibility index (Phi) is 8.49. The lowest BCUT2D eigenvalue weighted by Gasteiger charge is -2.17. The van der Waals surface area contributed by atoms with E-state index in [1.807, 2.05) is 6.92 Å². The smallest absolute Gasteiger partial charge is 0.191 e. The predicted octanol–water partition coefficient (Wildman–Crippen LogP) is 2.46. The topological polar surface area (TPSA) is 70.6 Å². The molecule has 0 aliphatic carbocycles. The van der Waals surface area contributed by atoms with Crippen LogP contribution in [-0.2, 0) is 9.84 Å². The fourth-order valence-corrected chi connectivity index (χ4v) is 4.32. The van der Waals surface area contributed by atoms with Gasteiger partial charge in [0.05, 0.1) is 11.5 Å². The Bertz CT molecular complexity index is 644. The van der Waals surface area contributed by atoms with Crippen LogP contribution in [0.5, 0.6) is 0 Å². The van der Waals surface area contributed by atoms with Gasteiger partial charge in [-0.25, -0.2) is 8.42 Å². The summed E-state index contributed by atoms with van der Waals surface area (Å²) in [6.45, 7) is 7.65. The minimum atomic E-state index is -2.88. The van der Waals surface area contributed by atoms with Gasteiger partial charge in [-0.05, 0) is 25.8 Å². The summed E-state index contributed by atoms with van der Waals surface area (Å²) in [6.07, 6.45) is 0.653. The zero-order chi connectivity index (χ0) is 16.9. The fraction of sp³-hybridized carbons (Fsp3) is 0.588. The summed E-state index contributed by atoms with van der Waals surface area (Å²) in [6, 6.07) is 8.47. The SMILES string of the molecule is CCNC(=NCC(C)c1ccc(C)cc1)NC1CCS(=O)(=O)C1.I. The quantitative estimate of drug-likeness (QED) is 0.398. The third kappa shape index (κ3) is 6.58. The number of sulfone groups is 1. The van der Waals surface area contributed by atoms with Gasteiger partial charge in [-0.3, -0.25) is 4.99 Å². The lowest BCUT2D eigenvalue weighted by molar-refractivity contribution is 0.599. The molecule has 136 valence electrons. The van der Waals surface area contributed by atoms with Gasteiger partial charge in [0.2, 0.25) is 0 Å². The van der Waals surface area contributed by atoms with Gasteiger partial charge < -0.3 is 10.6 Å². The molecule has 0 spiro atoms. The fourth-order valence-electron chi connectivity index (χ4n) is 2.65. The van der Waals surface area contributed by atoms with Gasteiger partial charge in [-0.2, -0.15) is 0 Å². The number of halogens is 1. The number of rotatable bonds is 5. The van der Waals surface area contributed by atoms with E-state index in [0.717, 1.165) is 6.54 Å². The van der Waals surface area contributed by atoms with Crippen molar-refractivity contribution in [2.75, 3.05) is 24.6 Å². The maximum atomic E-state index is 11.6. The molecule has 2 rings (SSSR count). The molecule has 0 aromatic heterocycles. The number of hydrogen-bond acceptors (Lipinski definition) is 3. The van der Waals surface area contributed by atoms with Crippen molar-refractivity contribution in [2.45, 2.75) is 39.2 Å². The van der Waals surface area contributed by atoms with E-state index in [0.29, 0.717) is 24.8 Å². The van der Waals surface area contributed by atoms with E-state index in [9.17, 15) is 8.42 Å². The summed E-state index contributed by atoms with van der Waals surface area (Å²) in [4.78, 5) is 4.62. The number of nitrogens with zero attached hydrogens (tertiary/aromatic N) is 1. The van der Waals surface area contributed by atoms with Gasteiger partial charge >= 0.3 is 0 Å². The highest BCUT2D eigenvalue weighted by Gasteiger charge is 2.28. The number of benzene rings is 1. The molecule has 1 aliphatic heterocycles. The number of nitrogens with one attached hydrogen (secondary N) is 2. The van der Waals surface area contributed by atoms with Gasteiger partial charge in [0.1, 0.15) is 0 Å². The maximum absolute atomic E-state index is 11.6. The Morgan fingerprint density at radius 2 is 2.00 bits per heavy atom. The van der Waals surface area contributed by atoms with E-state index in [2.05, 4.69) is 53.7 Å². The van der Waals surface area contributed by atoms with Crippen LogP contribution < -0.4 is 10.6 Å². The molecule has 24 heavy (non-hydrogen) atoms. The molecule has 2 N–H and O–H groups in total. The highest BCUT2D eigenvalue weighted by atomic mass is 127. The molecular weight excluding hydrogens is 437 g/mol. The van der Waals surface area contributed by atoms with Crippen LogP contribution in [0.2, 0.25) is 0 Å². The molecule has 0 amide bonds. The molecule has 1 aliphatic rings. The van der Waals surface area contributed by atoms with Crippen molar-refractivity contribution in [1.82, 2.24) is 10.6 Å². The summed E-state index contributed by atoms with van der Waals surface area (Å²) >= 11 is 0. The first kappa shape index (κ1) is 21.2. The molecule has 2 unspecified atom stereocenters. The standard InChI is InChI=1S/C17H27N3O2S.HI/c1-4-18-17(20-16-9-10-23(21,22)12-16)19-11-14(3)15-7-5-13(2)6-8-15;/h5-8,14,16H,4,9-12H2,1-3H3,(H2,18,19,20);1H. The van der Waals surface area contributed by atoms with Gasteiger partial charge in [0.15, 0.2) is 15.8 Å². The third-order valence-electron chi connectivity index (χ3n) is 4.09. The van der Waals surface area contributed by atoms with Gasteiger partial charge in [0, 0.05) is 25.0 Å². The molecule has 0 bridgehead atoms. The normalized spacial score (nSPS) is 21.0. The van der Waals surface area contributed by atoms with Crippen molar-refractivity contribution >= 4 is 39.8 Å².